The first-order valence-electron chi connectivity index (χ1n) is 14.2. The molecule has 2 atom stereocenters. The molecule has 1 saturated heterocycles. The van der Waals surface area contributed by atoms with Crippen LogP contribution in [-0.2, 0) is 36.8 Å². The normalized spacial score (nSPS) is 20.8. The number of esters is 1. The molecule has 8 heteroatoms. The predicted octanol–water partition coefficient (Wildman–Crippen LogP) is 4.77. The average Bonchev–Trinajstić information content (AvgIpc) is 3.50. The number of nitrogens with zero attached hydrogens (tertiary/aromatic N) is 1. The number of methoxy groups -OCH3 is 1. The molecule has 3 aliphatic rings. The summed E-state index contributed by atoms with van der Waals surface area (Å²) in [4.78, 5) is 29.2. The average molecular weight is 538 g/mol. The minimum absolute atomic E-state index is 0.00197. The van der Waals surface area contributed by atoms with Gasteiger partial charge in [0.25, 0.3) is 5.91 Å². The first kappa shape index (κ1) is 27.5. The van der Waals surface area contributed by atoms with Crippen molar-refractivity contribution in [1.29, 1.82) is 0 Å². The zero-order valence-electron chi connectivity index (χ0n) is 22.9. The fourth-order valence-corrected chi connectivity index (χ4v) is 5.82. The fraction of sp³-hybridized carbons (Fsp3) is 0.548. The lowest BCUT2D eigenvalue weighted by Crippen LogP contribution is -2.51. The van der Waals surface area contributed by atoms with Crippen LogP contribution in [-0.4, -0.2) is 62.0 Å². The quantitative estimate of drug-likeness (QED) is 0.426. The molecule has 39 heavy (non-hydrogen) atoms. The van der Waals surface area contributed by atoms with E-state index in [1.165, 1.54) is 0 Å². The van der Waals surface area contributed by atoms with Crippen LogP contribution in [0.3, 0.4) is 0 Å². The van der Waals surface area contributed by atoms with Gasteiger partial charge in [0.15, 0.2) is 17.6 Å². The number of fused-ring (bicyclic) bond motifs is 1. The predicted molar refractivity (Wildman–Crippen MR) is 145 cm³/mol. The molecule has 0 radical (unpaired) electrons. The van der Waals surface area contributed by atoms with Crippen LogP contribution in [0.2, 0.25) is 0 Å². The van der Waals surface area contributed by atoms with E-state index in [1.54, 1.807) is 18.9 Å². The van der Waals surface area contributed by atoms with Crippen molar-refractivity contribution >= 4 is 11.9 Å². The molecule has 5 rings (SSSR count). The van der Waals surface area contributed by atoms with Crippen molar-refractivity contribution < 1.29 is 33.3 Å². The Morgan fingerprint density at radius 1 is 1.00 bits per heavy atom. The van der Waals surface area contributed by atoms with Crippen LogP contribution in [0.25, 0.3) is 0 Å². The van der Waals surface area contributed by atoms with E-state index in [0.29, 0.717) is 24.7 Å². The Balaban J connectivity index is 1.49. The van der Waals surface area contributed by atoms with E-state index in [1.807, 2.05) is 42.5 Å². The third-order valence-electron chi connectivity index (χ3n) is 7.91. The molecule has 0 N–H and O–H groups in total. The van der Waals surface area contributed by atoms with Gasteiger partial charge in [-0.05, 0) is 37.0 Å². The summed E-state index contributed by atoms with van der Waals surface area (Å²) in [5.41, 5.74) is 2.61. The van der Waals surface area contributed by atoms with Gasteiger partial charge in [0, 0.05) is 31.4 Å². The topological polar surface area (TPSA) is 83.5 Å². The van der Waals surface area contributed by atoms with E-state index in [-0.39, 0.29) is 37.7 Å². The minimum Gasteiger partial charge on any atom is -0.493 e. The number of ether oxygens (including phenoxy) is 5. The second-order valence-corrected chi connectivity index (χ2v) is 10.4. The highest BCUT2D eigenvalue weighted by molar-refractivity contribution is 5.89. The van der Waals surface area contributed by atoms with Crippen molar-refractivity contribution in [3.05, 3.63) is 59.2 Å². The maximum atomic E-state index is 14.3. The lowest BCUT2D eigenvalue weighted by Gasteiger charge is -2.39. The van der Waals surface area contributed by atoms with Crippen LogP contribution in [0, 0.1) is 0 Å². The van der Waals surface area contributed by atoms with Crippen LogP contribution in [0.15, 0.2) is 42.5 Å². The SMILES string of the molecule is CCOC(=O)C1Cc2c(ccc(OC)c2OC2CCOCC2)CN1C(=O)C(OC1CCCC1)c1ccccc1. The minimum atomic E-state index is -0.799. The van der Waals surface area contributed by atoms with Gasteiger partial charge < -0.3 is 28.6 Å². The molecule has 2 aromatic carbocycles. The highest BCUT2D eigenvalue weighted by Gasteiger charge is 2.41. The Bertz CT molecular complexity index is 1130. The summed E-state index contributed by atoms with van der Waals surface area (Å²) in [6.07, 6.45) is 5.17. The number of carbonyl (C=O) groups is 2. The molecule has 1 amide bonds. The Morgan fingerprint density at radius 3 is 2.44 bits per heavy atom. The molecule has 0 bridgehead atoms. The Labute approximate surface area is 230 Å². The van der Waals surface area contributed by atoms with Crippen LogP contribution < -0.4 is 9.47 Å². The van der Waals surface area contributed by atoms with Gasteiger partial charge in [0.1, 0.15) is 12.1 Å². The molecule has 210 valence electrons. The van der Waals surface area contributed by atoms with Gasteiger partial charge in [-0.15, -0.1) is 0 Å². The van der Waals surface area contributed by atoms with Gasteiger partial charge in [0.05, 0.1) is 33.0 Å². The van der Waals surface area contributed by atoms with Crippen molar-refractivity contribution in [3.8, 4) is 11.5 Å². The molecule has 2 heterocycles. The Kier molecular flexibility index (Phi) is 9.04. The van der Waals surface area contributed by atoms with Crippen LogP contribution >= 0.6 is 0 Å². The van der Waals surface area contributed by atoms with Crippen molar-refractivity contribution in [2.24, 2.45) is 0 Å². The largest absolute Gasteiger partial charge is 0.493 e. The maximum Gasteiger partial charge on any atom is 0.329 e. The van der Waals surface area contributed by atoms with Crippen molar-refractivity contribution in [2.75, 3.05) is 26.9 Å². The number of hydrogen-bond acceptors (Lipinski definition) is 7. The Hall–Kier alpha value is -3.10. The standard InChI is InChI=1S/C31H39NO7/c1-3-37-31(34)26-19-25-22(13-14-27(35-2)29(25)39-24-15-17-36-18-16-24)20-32(26)30(33)28(21-9-5-4-6-10-21)38-23-11-7-8-12-23/h4-6,9-10,13-14,23-24,26,28H,3,7-8,11-12,15-20H2,1-2H3. The van der Waals surface area contributed by atoms with E-state index >= 15 is 0 Å². The van der Waals surface area contributed by atoms with E-state index in [4.69, 9.17) is 23.7 Å². The van der Waals surface area contributed by atoms with E-state index < -0.39 is 18.1 Å². The lowest BCUT2D eigenvalue weighted by molar-refractivity contribution is -0.163. The summed E-state index contributed by atoms with van der Waals surface area (Å²) in [6.45, 7) is 3.56. The van der Waals surface area contributed by atoms with E-state index in [0.717, 1.165) is 55.2 Å². The number of carbonyl (C=O) groups excluding carboxylic acids is 2. The molecular formula is C31H39NO7. The Morgan fingerprint density at radius 2 is 1.74 bits per heavy atom. The second-order valence-electron chi connectivity index (χ2n) is 10.4. The van der Waals surface area contributed by atoms with Gasteiger partial charge in [-0.2, -0.15) is 0 Å². The monoisotopic (exact) mass is 537 g/mol. The summed E-state index contributed by atoms with van der Waals surface area (Å²) in [7, 11) is 1.62. The number of benzene rings is 2. The zero-order valence-corrected chi connectivity index (χ0v) is 22.9. The first-order valence-corrected chi connectivity index (χ1v) is 14.2. The number of rotatable bonds is 9. The molecule has 2 unspecified atom stereocenters. The summed E-state index contributed by atoms with van der Waals surface area (Å²) in [5, 5.41) is 0. The van der Waals surface area contributed by atoms with Gasteiger partial charge >= 0.3 is 5.97 Å². The summed E-state index contributed by atoms with van der Waals surface area (Å²) < 4.78 is 29.6. The molecule has 8 nitrogen and oxygen atoms in total. The smallest absolute Gasteiger partial charge is 0.329 e. The number of hydrogen-bond donors (Lipinski definition) is 0. The molecule has 0 aromatic heterocycles. The van der Waals surface area contributed by atoms with Crippen LogP contribution in [0.5, 0.6) is 11.5 Å². The van der Waals surface area contributed by atoms with Crippen molar-refractivity contribution in [2.45, 2.75) is 82.8 Å². The fourth-order valence-electron chi connectivity index (χ4n) is 5.82. The van der Waals surface area contributed by atoms with Crippen molar-refractivity contribution in [1.82, 2.24) is 4.90 Å². The van der Waals surface area contributed by atoms with Gasteiger partial charge in [0.2, 0.25) is 0 Å². The summed E-state index contributed by atoms with van der Waals surface area (Å²) >= 11 is 0. The molecule has 2 aromatic rings. The van der Waals surface area contributed by atoms with Gasteiger partial charge in [-0.3, -0.25) is 4.79 Å². The van der Waals surface area contributed by atoms with E-state index in [9.17, 15) is 9.59 Å². The van der Waals surface area contributed by atoms with E-state index in [2.05, 4.69) is 0 Å². The lowest BCUT2D eigenvalue weighted by atomic mass is 9.91. The third-order valence-corrected chi connectivity index (χ3v) is 7.91. The van der Waals surface area contributed by atoms with Gasteiger partial charge in [-0.25, -0.2) is 4.79 Å². The highest BCUT2D eigenvalue weighted by Crippen LogP contribution is 2.41. The molecular weight excluding hydrogens is 498 g/mol. The van der Waals surface area contributed by atoms with Crippen LogP contribution in [0.4, 0.5) is 0 Å². The summed E-state index contributed by atoms with van der Waals surface area (Å²) in [5.74, 6) is 0.614. The molecule has 2 aliphatic heterocycles. The molecule has 2 fully saturated rings. The number of amides is 1. The van der Waals surface area contributed by atoms with Gasteiger partial charge in [-0.1, -0.05) is 49.2 Å². The molecule has 1 aliphatic carbocycles. The zero-order chi connectivity index (χ0) is 27.2. The molecule has 1 saturated carbocycles. The first-order chi connectivity index (χ1) is 19.1. The highest BCUT2D eigenvalue weighted by atomic mass is 16.5. The maximum absolute atomic E-state index is 14.3. The second kappa shape index (κ2) is 12.8. The van der Waals surface area contributed by atoms with Crippen molar-refractivity contribution in [3.63, 3.8) is 0 Å². The molecule has 0 spiro atoms. The van der Waals surface area contributed by atoms with Crippen LogP contribution in [0.1, 0.15) is 68.2 Å². The third kappa shape index (κ3) is 6.23. The summed E-state index contributed by atoms with van der Waals surface area (Å²) in [6, 6.07) is 12.6.